The second kappa shape index (κ2) is 72.6. The predicted molar refractivity (Wildman–Crippen MR) is 409 cm³/mol. The minimum Gasteiger partial charge on any atom is -0.462 e. The number of carbonyl (C=O) groups excluding carboxylic acids is 4. The predicted octanol–water partition coefficient (Wildman–Crippen LogP) is 24.3. The first kappa shape index (κ1) is 98.1. The van der Waals surface area contributed by atoms with Crippen LogP contribution in [0.25, 0.3) is 0 Å². The summed E-state index contributed by atoms with van der Waals surface area (Å²) in [5.74, 6) is -0.471. The first-order valence-corrected chi connectivity index (χ1v) is 45.1. The molecule has 0 amide bonds. The highest BCUT2D eigenvalue weighted by molar-refractivity contribution is 7.47. The molecule has 0 aromatic carbocycles. The van der Waals surface area contributed by atoms with Crippen LogP contribution in [-0.4, -0.2) is 96.7 Å². The first-order valence-electron chi connectivity index (χ1n) is 42.1. The van der Waals surface area contributed by atoms with Gasteiger partial charge in [0.1, 0.15) is 19.3 Å². The molecule has 19 heteroatoms. The van der Waals surface area contributed by atoms with Crippen LogP contribution in [0, 0.1) is 11.8 Å². The Bertz CT molecular complexity index is 1930. The minimum atomic E-state index is -4.96. The number of hydrogen-bond acceptors (Lipinski definition) is 15. The van der Waals surface area contributed by atoms with Gasteiger partial charge in [-0.15, -0.1) is 0 Å². The second-order valence-electron chi connectivity index (χ2n) is 29.6. The summed E-state index contributed by atoms with van der Waals surface area (Å²) in [6.07, 6.45) is 62.4. The first-order chi connectivity index (χ1) is 48.4. The van der Waals surface area contributed by atoms with E-state index in [9.17, 15) is 43.2 Å². The maximum atomic E-state index is 13.1. The van der Waals surface area contributed by atoms with Crippen LogP contribution in [0.4, 0.5) is 0 Å². The Morgan fingerprint density at radius 3 is 0.710 bits per heavy atom. The van der Waals surface area contributed by atoms with Crippen molar-refractivity contribution in [3.63, 3.8) is 0 Å². The monoisotopic (exact) mass is 1470 g/mol. The molecular formula is C81H158O17P2. The molecule has 0 fully saturated rings. The van der Waals surface area contributed by atoms with Crippen molar-refractivity contribution in [1.82, 2.24) is 0 Å². The molecule has 594 valence electrons. The molecule has 0 aromatic rings. The smallest absolute Gasteiger partial charge is 0.462 e. The average molecular weight is 1470 g/mol. The molecule has 0 aliphatic heterocycles. The lowest BCUT2D eigenvalue weighted by Crippen LogP contribution is -2.30. The highest BCUT2D eigenvalue weighted by Gasteiger charge is 2.30. The number of hydrogen-bond donors (Lipinski definition) is 3. The van der Waals surface area contributed by atoms with Crippen molar-refractivity contribution in [3.05, 3.63) is 0 Å². The molecule has 0 aliphatic rings. The van der Waals surface area contributed by atoms with Crippen LogP contribution in [0.1, 0.15) is 427 Å². The van der Waals surface area contributed by atoms with Gasteiger partial charge in [-0.25, -0.2) is 9.13 Å². The van der Waals surface area contributed by atoms with Gasteiger partial charge in [-0.1, -0.05) is 375 Å². The zero-order chi connectivity index (χ0) is 73.5. The van der Waals surface area contributed by atoms with E-state index in [-0.39, 0.29) is 25.7 Å². The number of esters is 4. The fraction of sp³-hybridized carbons (Fsp3) is 0.951. The van der Waals surface area contributed by atoms with Crippen molar-refractivity contribution < 1.29 is 80.2 Å². The summed E-state index contributed by atoms with van der Waals surface area (Å²) in [4.78, 5) is 72.9. The fourth-order valence-electron chi connectivity index (χ4n) is 12.5. The molecule has 100 heavy (non-hydrogen) atoms. The van der Waals surface area contributed by atoms with E-state index in [0.29, 0.717) is 25.7 Å². The van der Waals surface area contributed by atoms with E-state index in [4.69, 9.17) is 37.0 Å². The number of phosphoric acid groups is 2. The number of carbonyl (C=O) groups is 4. The molecule has 17 nitrogen and oxygen atoms in total. The van der Waals surface area contributed by atoms with Crippen LogP contribution in [-0.2, 0) is 65.4 Å². The Balaban J connectivity index is 5.20. The van der Waals surface area contributed by atoms with Gasteiger partial charge in [-0.05, 0) is 37.5 Å². The van der Waals surface area contributed by atoms with Crippen molar-refractivity contribution in [2.75, 3.05) is 39.6 Å². The van der Waals surface area contributed by atoms with Crippen LogP contribution >= 0.6 is 15.6 Å². The van der Waals surface area contributed by atoms with E-state index in [0.717, 1.165) is 102 Å². The highest BCUT2D eigenvalue weighted by Crippen LogP contribution is 2.45. The van der Waals surface area contributed by atoms with Crippen LogP contribution in [0.3, 0.4) is 0 Å². The molecule has 0 heterocycles. The Morgan fingerprint density at radius 1 is 0.280 bits per heavy atom. The van der Waals surface area contributed by atoms with Crippen molar-refractivity contribution >= 4 is 39.5 Å². The second-order valence-corrected chi connectivity index (χ2v) is 32.6. The Labute approximate surface area is 613 Å². The minimum absolute atomic E-state index is 0.105. The maximum Gasteiger partial charge on any atom is 0.472 e. The molecule has 0 spiro atoms. The number of ether oxygens (including phenoxy) is 4. The van der Waals surface area contributed by atoms with Crippen molar-refractivity contribution in [1.29, 1.82) is 0 Å². The molecule has 0 saturated heterocycles. The van der Waals surface area contributed by atoms with E-state index in [1.54, 1.807) is 0 Å². The van der Waals surface area contributed by atoms with Gasteiger partial charge >= 0.3 is 39.5 Å². The van der Waals surface area contributed by atoms with E-state index >= 15 is 0 Å². The fourth-order valence-corrected chi connectivity index (χ4v) is 14.1. The topological polar surface area (TPSA) is 237 Å². The molecule has 0 radical (unpaired) electrons. The summed E-state index contributed by atoms with van der Waals surface area (Å²) in [7, 11) is -9.92. The van der Waals surface area contributed by atoms with Crippen LogP contribution in [0.5, 0.6) is 0 Å². The van der Waals surface area contributed by atoms with E-state index in [2.05, 4.69) is 41.5 Å². The number of aliphatic hydroxyl groups excluding tert-OH is 1. The summed E-state index contributed by atoms with van der Waals surface area (Å²) in [6.45, 7) is 9.68. The van der Waals surface area contributed by atoms with Crippen molar-refractivity contribution in [2.45, 2.75) is 445 Å². The molecule has 7 atom stereocenters. The van der Waals surface area contributed by atoms with Crippen LogP contribution in [0.2, 0.25) is 0 Å². The standard InChI is InChI=1S/C81H158O17P2/c1-7-11-13-15-17-19-20-21-22-25-29-32-35-39-46-52-58-64-79(84)92-70-76(97-80(85)65-59-53-47-40-36-33-30-27-24-23-26-28-31-34-38-43-49-55-61-73(5)9-3)71-95-99(87,88)93-67-75(82)68-94-100(89,90)96-72-77(69-91-78(83)63-57-51-45-37-18-16-14-12-8-2)98-81(86)66-60-54-48-42-41-44-50-56-62-74(6)10-4/h73-77,82H,7-72H2,1-6H3,(H,87,88)(H,89,90)/t73?,74?,75-,76-,77-/m1/s1. The number of unbranched alkanes of at least 4 members (excludes halogenated alkanes) is 48. The van der Waals surface area contributed by atoms with Gasteiger partial charge < -0.3 is 33.8 Å². The summed E-state index contributed by atoms with van der Waals surface area (Å²) in [6, 6.07) is 0. The summed E-state index contributed by atoms with van der Waals surface area (Å²) < 4.78 is 68.6. The number of rotatable bonds is 80. The van der Waals surface area contributed by atoms with Crippen LogP contribution in [0.15, 0.2) is 0 Å². The molecule has 4 unspecified atom stereocenters. The van der Waals surface area contributed by atoms with Crippen molar-refractivity contribution in [3.8, 4) is 0 Å². The van der Waals surface area contributed by atoms with E-state index in [1.807, 2.05) is 0 Å². The highest BCUT2D eigenvalue weighted by atomic mass is 31.2. The molecule has 0 aliphatic carbocycles. The Morgan fingerprint density at radius 2 is 0.480 bits per heavy atom. The van der Waals surface area contributed by atoms with Gasteiger partial charge in [0.25, 0.3) is 0 Å². The van der Waals surface area contributed by atoms with Gasteiger partial charge in [-0.3, -0.25) is 37.3 Å². The Kier molecular flexibility index (Phi) is 71.2. The lowest BCUT2D eigenvalue weighted by Gasteiger charge is -2.21. The molecule has 0 aromatic heterocycles. The van der Waals surface area contributed by atoms with Gasteiger partial charge in [-0.2, -0.15) is 0 Å². The molecular weight excluding hydrogens is 1310 g/mol. The SMILES string of the molecule is CCCCCCCCCCCCCCCCCCCC(=O)OC[C@H](COP(=O)(O)OC[C@@H](O)COP(=O)(O)OC[C@@H](COC(=O)CCCCCCCCCCC)OC(=O)CCCCCCCCCCC(C)CC)OC(=O)CCCCCCCCCCCCCCCCCCCCC(C)CC. The lowest BCUT2D eigenvalue weighted by molar-refractivity contribution is -0.161. The zero-order valence-corrected chi connectivity index (χ0v) is 67.3. The Hall–Kier alpha value is -1.94. The number of aliphatic hydroxyl groups is 1. The van der Waals surface area contributed by atoms with Gasteiger partial charge in [0.2, 0.25) is 0 Å². The summed E-state index contributed by atoms with van der Waals surface area (Å²) in [5.41, 5.74) is 0. The molecule has 0 bridgehead atoms. The van der Waals surface area contributed by atoms with E-state index < -0.39 is 97.5 Å². The number of phosphoric ester groups is 2. The summed E-state index contributed by atoms with van der Waals surface area (Å²) >= 11 is 0. The van der Waals surface area contributed by atoms with Gasteiger partial charge in [0.05, 0.1) is 26.4 Å². The van der Waals surface area contributed by atoms with Crippen LogP contribution < -0.4 is 0 Å². The normalized spacial score (nSPS) is 14.4. The zero-order valence-electron chi connectivity index (χ0n) is 65.5. The molecule has 3 N–H and O–H groups in total. The quantitative estimate of drug-likeness (QED) is 0.0222. The summed E-state index contributed by atoms with van der Waals surface area (Å²) in [5, 5.41) is 10.6. The maximum absolute atomic E-state index is 13.1. The third-order valence-corrected chi connectivity index (χ3v) is 21.6. The molecule has 0 rings (SSSR count). The molecule has 0 saturated carbocycles. The van der Waals surface area contributed by atoms with Gasteiger partial charge in [0.15, 0.2) is 12.2 Å². The van der Waals surface area contributed by atoms with Crippen molar-refractivity contribution in [2.24, 2.45) is 11.8 Å². The van der Waals surface area contributed by atoms with Gasteiger partial charge in [0, 0.05) is 25.7 Å². The average Bonchev–Trinajstić information content (AvgIpc) is 0.940. The van der Waals surface area contributed by atoms with E-state index in [1.165, 1.54) is 244 Å². The third kappa shape index (κ3) is 71.7. The third-order valence-electron chi connectivity index (χ3n) is 19.7. The lowest BCUT2D eigenvalue weighted by atomic mass is 9.99. The largest absolute Gasteiger partial charge is 0.472 e.